The number of rotatable bonds is 5. The van der Waals surface area contributed by atoms with Gasteiger partial charge >= 0.3 is 0 Å². The van der Waals surface area contributed by atoms with Crippen LogP contribution in [0.1, 0.15) is 35.4 Å². The topological polar surface area (TPSA) is 56.0 Å². The fraction of sp³-hybridized carbons (Fsp3) is 0.409. The van der Waals surface area contributed by atoms with Crippen molar-refractivity contribution in [2.24, 2.45) is 13.0 Å². The number of carbonyl (C=O) groups excluding carboxylic acids is 1. The fourth-order valence-corrected chi connectivity index (χ4v) is 3.99. The molecule has 6 heteroatoms. The van der Waals surface area contributed by atoms with E-state index < -0.39 is 0 Å². The van der Waals surface area contributed by atoms with Crippen molar-refractivity contribution >= 4 is 5.91 Å². The van der Waals surface area contributed by atoms with Gasteiger partial charge in [0, 0.05) is 50.3 Å². The van der Waals surface area contributed by atoms with E-state index in [4.69, 9.17) is 0 Å². The zero-order valence-corrected chi connectivity index (χ0v) is 16.6. The van der Waals surface area contributed by atoms with E-state index in [1.165, 1.54) is 5.69 Å². The van der Waals surface area contributed by atoms with Crippen LogP contribution in [0.2, 0.25) is 0 Å². The standard InChI is InChI=1S/C22H27N5O/c1-17-16-23-21(19-6-4-3-5-7-19)27(17)15-10-18-8-13-26(14-9-18)22(28)20-11-12-25(2)24-20/h3-7,11-12,16,18H,8-10,13-15H2,1-2H3. The summed E-state index contributed by atoms with van der Waals surface area (Å²) in [6.45, 7) is 4.71. The molecule has 4 rings (SSSR count). The number of amides is 1. The van der Waals surface area contributed by atoms with E-state index in [0.717, 1.165) is 50.3 Å². The minimum Gasteiger partial charge on any atom is -0.337 e. The minimum atomic E-state index is 0.0517. The zero-order chi connectivity index (χ0) is 19.5. The van der Waals surface area contributed by atoms with Crippen LogP contribution < -0.4 is 0 Å². The number of imidazole rings is 1. The lowest BCUT2D eigenvalue weighted by atomic mass is 9.93. The van der Waals surface area contributed by atoms with Crippen LogP contribution in [-0.2, 0) is 13.6 Å². The first-order chi connectivity index (χ1) is 13.6. The number of nitrogens with zero attached hydrogens (tertiary/aromatic N) is 5. The SMILES string of the molecule is Cc1cnc(-c2ccccc2)n1CCC1CCN(C(=O)c2ccn(C)n2)CC1. The van der Waals surface area contributed by atoms with E-state index in [2.05, 4.69) is 45.8 Å². The van der Waals surface area contributed by atoms with E-state index >= 15 is 0 Å². The highest BCUT2D eigenvalue weighted by Crippen LogP contribution is 2.25. The molecule has 0 saturated carbocycles. The van der Waals surface area contributed by atoms with Crippen LogP contribution in [0.4, 0.5) is 0 Å². The largest absolute Gasteiger partial charge is 0.337 e. The monoisotopic (exact) mass is 377 g/mol. The Kier molecular flexibility index (Phi) is 5.28. The lowest BCUT2D eigenvalue weighted by molar-refractivity contribution is 0.0678. The smallest absolute Gasteiger partial charge is 0.274 e. The third kappa shape index (κ3) is 3.86. The molecule has 1 saturated heterocycles. The zero-order valence-electron chi connectivity index (χ0n) is 16.6. The van der Waals surface area contributed by atoms with Crippen LogP contribution in [0, 0.1) is 12.8 Å². The summed E-state index contributed by atoms with van der Waals surface area (Å²) < 4.78 is 4.00. The normalized spacial score (nSPS) is 15.1. The summed E-state index contributed by atoms with van der Waals surface area (Å²) in [5.74, 6) is 1.73. The van der Waals surface area contributed by atoms with Crippen molar-refractivity contribution in [2.75, 3.05) is 13.1 Å². The number of aryl methyl sites for hydroxylation is 2. The highest BCUT2D eigenvalue weighted by molar-refractivity contribution is 5.92. The lowest BCUT2D eigenvalue weighted by Crippen LogP contribution is -2.38. The van der Waals surface area contributed by atoms with Crippen molar-refractivity contribution < 1.29 is 4.79 Å². The van der Waals surface area contributed by atoms with Crippen LogP contribution in [-0.4, -0.2) is 43.2 Å². The molecule has 1 fully saturated rings. The second kappa shape index (κ2) is 8.00. The second-order valence-electron chi connectivity index (χ2n) is 7.64. The molecular formula is C22H27N5O. The minimum absolute atomic E-state index is 0.0517. The van der Waals surface area contributed by atoms with Crippen LogP contribution in [0.3, 0.4) is 0 Å². The predicted octanol–water partition coefficient (Wildman–Crippen LogP) is 3.53. The van der Waals surface area contributed by atoms with Gasteiger partial charge in [0.15, 0.2) is 0 Å². The summed E-state index contributed by atoms with van der Waals surface area (Å²) in [6, 6.07) is 12.2. The molecule has 2 aromatic heterocycles. The maximum Gasteiger partial charge on any atom is 0.274 e. The molecule has 3 heterocycles. The summed E-state index contributed by atoms with van der Waals surface area (Å²) in [7, 11) is 1.84. The first-order valence-corrected chi connectivity index (χ1v) is 9.98. The van der Waals surface area contributed by atoms with Crippen LogP contribution >= 0.6 is 0 Å². The molecule has 0 atom stereocenters. The Balaban J connectivity index is 1.34. The molecule has 6 nitrogen and oxygen atoms in total. The Morgan fingerprint density at radius 1 is 1.14 bits per heavy atom. The quantitative estimate of drug-likeness (QED) is 0.683. The van der Waals surface area contributed by atoms with Gasteiger partial charge in [0.1, 0.15) is 11.5 Å². The molecule has 0 bridgehead atoms. The van der Waals surface area contributed by atoms with Gasteiger partial charge in [-0.05, 0) is 38.2 Å². The molecule has 146 valence electrons. The number of piperidine rings is 1. The van der Waals surface area contributed by atoms with Gasteiger partial charge in [0.25, 0.3) is 5.91 Å². The molecule has 3 aromatic rings. The molecule has 0 N–H and O–H groups in total. The molecule has 0 spiro atoms. The van der Waals surface area contributed by atoms with Gasteiger partial charge in [-0.3, -0.25) is 9.48 Å². The Hall–Kier alpha value is -2.89. The highest BCUT2D eigenvalue weighted by atomic mass is 16.2. The van der Waals surface area contributed by atoms with Gasteiger partial charge in [-0.2, -0.15) is 5.10 Å². The lowest BCUT2D eigenvalue weighted by Gasteiger charge is -2.31. The Labute approximate surface area is 165 Å². The van der Waals surface area contributed by atoms with Crippen LogP contribution in [0.5, 0.6) is 0 Å². The molecule has 1 aliphatic rings. The first-order valence-electron chi connectivity index (χ1n) is 9.98. The summed E-state index contributed by atoms with van der Waals surface area (Å²) in [4.78, 5) is 19.1. The third-order valence-electron chi connectivity index (χ3n) is 5.68. The average Bonchev–Trinajstić information content (AvgIpc) is 3.32. The predicted molar refractivity (Wildman–Crippen MR) is 109 cm³/mol. The Bertz CT molecular complexity index is 935. The Morgan fingerprint density at radius 2 is 1.89 bits per heavy atom. The molecule has 28 heavy (non-hydrogen) atoms. The number of hydrogen-bond donors (Lipinski definition) is 0. The van der Waals surface area contributed by atoms with E-state index in [1.54, 1.807) is 10.7 Å². The number of aromatic nitrogens is 4. The van der Waals surface area contributed by atoms with Crippen molar-refractivity contribution in [3.8, 4) is 11.4 Å². The summed E-state index contributed by atoms with van der Waals surface area (Å²) in [5, 5.41) is 4.24. The van der Waals surface area contributed by atoms with Gasteiger partial charge in [-0.25, -0.2) is 4.98 Å². The van der Waals surface area contributed by atoms with E-state index in [1.807, 2.05) is 30.4 Å². The third-order valence-corrected chi connectivity index (χ3v) is 5.68. The van der Waals surface area contributed by atoms with Crippen molar-refractivity contribution in [1.82, 2.24) is 24.2 Å². The van der Waals surface area contributed by atoms with Crippen molar-refractivity contribution in [3.63, 3.8) is 0 Å². The second-order valence-corrected chi connectivity index (χ2v) is 7.64. The number of benzene rings is 1. The van der Waals surface area contributed by atoms with Gasteiger partial charge in [0.2, 0.25) is 0 Å². The van der Waals surface area contributed by atoms with E-state index in [-0.39, 0.29) is 5.91 Å². The van der Waals surface area contributed by atoms with Gasteiger partial charge < -0.3 is 9.47 Å². The molecule has 1 aliphatic heterocycles. The highest BCUT2D eigenvalue weighted by Gasteiger charge is 2.25. The fourth-order valence-electron chi connectivity index (χ4n) is 3.99. The van der Waals surface area contributed by atoms with Gasteiger partial charge in [0.05, 0.1) is 0 Å². The molecule has 1 amide bonds. The summed E-state index contributed by atoms with van der Waals surface area (Å²) in [5.41, 5.74) is 2.90. The van der Waals surface area contributed by atoms with Crippen LogP contribution in [0.25, 0.3) is 11.4 Å². The molecule has 0 radical (unpaired) electrons. The Morgan fingerprint density at radius 3 is 2.57 bits per heavy atom. The number of likely N-dealkylation sites (tertiary alicyclic amines) is 1. The summed E-state index contributed by atoms with van der Waals surface area (Å²) in [6.07, 6.45) is 6.98. The first kappa shape index (κ1) is 18.5. The van der Waals surface area contributed by atoms with Gasteiger partial charge in [-0.1, -0.05) is 30.3 Å². The van der Waals surface area contributed by atoms with Crippen LogP contribution in [0.15, 0.2) is 48.8 Å². The molecule has 0 aliphatic carbocycles. The summed E-state index contributed by atoms with van der Waals surface area (Å²) >= 11 is 0. The average molecular weight is 377 g/mol. The maximum absolute atomic E-state index is 12.5. The van der Waals surface area contributed by atoms with Crippen molar-refractivity contribution in [2.45, 2.75) is 32.7 Å². The van der Waals surface area contributed by atoms with Crippen molar-refractivity contribution in [3.05, 3.63) is 60.2 Å². The number of carbonyl (C=O) groups is 1. The molecule has 0 unspecified atom stereocenters. The van der Waals surface area contributed by atoms with E-state index in [0.29, 0.717) is 11.6 Å². The van der Waals surface area contributed by atoms with Crippen molar-refractivity contribution in [1.29, 1.82) is 0 Å². The molecular weight excluding hydrogens is 350 g/mol. The molecule has 1 aromatic carbocycles. The number of hydrogen-bond acceptors (Lipinski definition) is 3. The maximum atomic E-state index is 12.5. The van der Waals surface area contributed by atoms with Gasteiger partial charge in [-0.15, -0.1) is 0 Å². The van der Waals surface area contributed by atoms with E-state index in [9.17, 15) is 4.79 Å².